The first-order chi connectivity index (χ1) is 11.8. The summed E-state index contributed by atoms with van der Waals surface area (Å²) in [6.07, 6.45) is -0.288. The van der Waals surface area contributed by atoms with E-state index in [4.69, 9.17) is 10.6 Å². The normalized spacial score (nSPS) is 12.8. The van der Waals surface area contributed by atoms with Crippen molar-refractivity contribution in [3.05, 3.63) is 35.9 Å². The fraction of sp³-hybridized carbons (Fsp3) is 0.471. The summed E-state index contributed by atoms with van der Waals surface area (Å²) in [4.78, 5) is 35.7. The van der Waals surface area contributed by atoms with Crippen molar-refractivity contribution in [3.8, 4) is 0 Å². The van der Waals surface area contributed by atoms with Crippen LogP contribution in [0.3, 0.4) is 0 Å². The van der Waals surface area contributed by atoms with Gasteiger partial charge in [0.1, 0.15) is 18.7 Å². The predicted molar refractivity (Wildman–Crippen MR) is 92.9 cm³/mol. The summed E-state index contributed by atoms with van der Waals surface area (Å²) in [5.74, 6) is 4.20. The van der Waals surface area contributed by atoms with E-state index in [1.54, 1.807) is 0 Å². The third kappa shape index (κ3) is 7.67. The molecule has 0 heterocycles. The molecule has 0 bridgehead atoms. The number of alkyl carbamates (subject to hydrolysis) is 1. The molecule has 1 aromatic carbocycles. The second-order valence-electron chi connectivity index (χ2n) is 6.13. The van der Waals surface area contributed by atoms with E-state index in [0.717, 1.165) is 5.56 Å². The van der Waals surface area contributed by atoms with Gasteiger partial charge in [0.25, 0.3) is 5.91 Å². The summed E-state index contributed by atoms with van der Waals surface area (Å²) in [6, 6.07) is 7.60. The number of nitrogens with two attached hydrogens (primary N) is 1. The summed E-state index contributed by atoms with van der Waals surface area (Å²) in [6.45, 7) is 5.45. The van der Waals surface area contributed by atoms with Crippen LogP contribution in [0.1, 0.15) is 32.8 Å². The Labute approximate surface area is 147 Å². The zero-order valence-corrected chi connectivity index (χ0v) is 14.7. The van der Waals surface area contributed by atoms with Crippen molar-refractivity contribution in [2.45, 2.75) is 45.9 Å². The van der Waals surface area contributed by atoms with Crippen LogP contribution in [0.4, 0.5) is 4.79 Å². The van der Waals surface area contributed by atoms with Crippen LogP contribution in [-0.4, -0.2) is 30.0 Å². The first-order valence-electron chi connectivity index (χ1n) is 8.11. The Morgan fingerprint density at radius 3 is 2.24 bits per heavy atom. The van der Waals surface area contributed by atoms with E-state index in [1.165, 1.54) is 6.92 Å². The van der Waals surface area contributed by atoms with Crippen molar-refractivity contribution in [1.82, 2.24) is 16.1 Å². The standard InChI is InChI=1S/C17H26N4O4/c1-11(2)9-14(16(23)19-12(3)15(22)21-18)20-17(24)25-10-13-7-5-4-6-8-13/h4-8,11-12,14H,9-10,18H2,1-3H3,(H,19,23)(H,20,24)(H,21,22)/t12-,14-/m0/s1. The van der Waals surface area contributed by atoms with Gasteiger partial charge in [-0.2, -0.15) is 0 Å². The average molecular weight is 350 g/mol. The molecule has 0 saturated heterocycles. The van der Waals surface area contributed by atoms with E-state index < -0.39 is 30.0 Å². The van der Waals surface area contributed by atoms with E-state index in [0.29, 0.717) is 6.42 Å². The summed E-state index contributed by atoms with van der Waals surface area (Å²) in [7, 11) is 0. The Balaban J connectivity index is 2.60. The highest BCUT2D eigenvalue weighted by Crippen LogP contribution is 2.07. The number of hydrogen-bond acceptors (Lipinski definition) is 5. The van der Waals surface area contributed by atoms with Gasteiger partial charge >= 0.3 is 6.09 Å². The van der Waals surface area contributed by atoms with Crippen LogP contribution in [0.5, 0.6) is 0 Å². The van der Waals surface area contributed by atoms with Gasteiger partial charge in [0.2, 0.25) is 5.91 Å². The van der Waals surface area contributed by atoms with Crippen molar-refractivity contribution in [2.75, 3.05) is 0 Å². The Morgan fingerprint density at radius 1 is 1.04 bits per heavy atom. The van der Waals surface area contributed by atoms with E-state index >= 15 is 0 Å². The number of nitrogens with one attached hydrogen (secondary N) is 3. The fourth-order valence-corrected chi connectivity index (χ4v) is 2.11. The monoisotopic (exact) mass is 350 g/mol. The van der Waals surface area contributed by atoms with Gasteiger partial charge in [-0.15, -0.1) is 0 Å². The molecule has 0 unspecified atom stereocenters. The second-order valence-corrected chi connectivity index (χ2v) is 6.13. The minimum atomic E-state index is -0.811. The van der Waals surface area contributed by atoms with Crippen molar-refractivity contribution >= 4 is 17.9 Å². The first kappa shape index (κ1) is 20.4. The highest BCUT2D eigenvalue weighted by molar-refractivity contribution is 5.90. The summed E-state index contributed by atoms with van der Waals surface area (Å²) < 4.78 is 5.13. The fourth-order valence-electron chi connectivity index (χ4n) is 2.11. The molecule has 5 N–H and O–H groups in total. The number of ether oxygens (including phenoxy) is 1. The third-order valence-electron chi connectivity index (χ3n) is 3.42. The molecule has 0 aromatic heterocycles. The van der Waals surface area contributed by atoms with Crippen LogP contribution in [0.15, 0.2) is 30.3 Å². The smallest absolute Gasteiger partial charge is 0.408 e. The highest BCUT2D eigenvalue weighted by Gasteiger charge is 2.25. The molecule has 3 amide bonds. The summed E-state index contributed by atoms with van der Waals surface area (Å²) >= 11 is 0. The van der Waals surface area contributed by atoms with Gasteiger partial charge in [-0.1, -0.05) is 44.2 Å². The molecule has 0 aliphatic rings. The molecule has 0 aliphatic carbocycles. The van der Waals surface area contributed by atoms with Crippen LogP contribution in [0.25, 0.3) is 0 Å². The molecule has 0 radical (unpaired) electrons. The minimum absolute atomic E-state index is 0.106. The Morgan fingerprint density at radius 2 is 1.68 bits per heavy atom. The van der Waals surface area contributed by atoms with Crippen LogP contribution < -0.4 is 21.9 Å². The number of carbonyl (C=O) groups is 3. The summed E-state index contributed by atoms with van der Waals surface area (Å²) in [5, 5.41) is 5.06. The minimum Gasteiger partial charge on any atom is -0.445 e. The van der Waals surface area contributed by atoms with Crippen molar-refractivity contribution in [1.29, 1.82) is 0 Å². The lowest BCUT2D eigenvalue weighted by molar-refractivity contribution is -0.129. The molecular formula is C17H26N4O4. The Bertz CT molecular complexity index is 577. The molecule has 8 heteroatoms. The maximum Gasteiger partial charge on any atom is 0.408 e. The lowest BCUT2D eigenvalue weighted by atomic mass is 10.0. The van der Waals surface area contributed by atoms with E-state index in [9.17, 15) is 14.4 Å². The molecular weight excluding hydrogens is 324 g/mol. The second kappa shape index (κ2) is 10.3. The molecule has 138 valence electrons. The molecule has 1 rings (SSSR count). The van der Waals surface area contributed by atoms with Crippen LogP contribution in [0, 0.1) is 5.92 Å². The molecule has 0 aliphatic heterocycles. The SMILES string of the molecule is CC(C)C[C@H](NC(=O)OCc1ccccc1)C(=O)N[C@@H](C)C(=O)NN. The van der Waals surface area contributed by atoms with Crippen molar-refractivity contribution in [3.63, 3.8) is 0 Å². The molecule has 25 heavy (non-hydrogen) atoms. The highest BCUT2D eigenvalue weighted by atomic mass is 16.5. The van der Waals surface area contributed by atoms with Crippen molar-refractivity contribution in [2.24, 2.45) is 11.8 Å². The largest absolute Gasteiger partial charge is 0.445 e. The van der Waals surface area contributed by atoms with Gasteiger partial charge in [0, 0.05) is 0 Å². The maximum absolute atomic E-state index is 12.3. The van der Waals surface area contributed by atoms with Gasteiger partial charge in [0.15, 0.2) is 0 Å². The average Bonchev–Trinajstić information content (AvgIpc) is 2.59. The molecule has 8 nitrogen and oxygen atoms in total. The molecule has 0 fully saturated rings. The summed E-state index contributed by atoms with van der Waals surface area (Å²) in [5.41, 5.74) is 2.81. The molecule has 1 aromatic rings. The number of hydrazine groups is 1. The number of rotatable bonds is 8. The molecule has 2 atom stereocenters. The first-order valence-corrected chi connectivity index (χ1v) is 8.11. The van der Waals surface area contributed by atoms with Gasteiger partial charge in [-0.3, -0.25) is 15.0 Å². The van der Waals surface area contributed by atoms with Gasteiger partial charge in [0.05, 0.1) is 0 Å². The maximum atomic E-state index is 12.3. The molecule has 0 spiro atoms. The third-order valence-corrected chi connectivity index (χ3v) is 3.42. The van der Waals surface area contributed by atoms with E-state index in [-0.39, 0.29) is 12.5 Å². The Hall–Kier alpha value is -2.61. The number of benzene rings is 1. The van der Waals surface area contributed by atoms with Gasteiger partial charge < -0.3 is 15.4 Å². The Kier molecular flexibility index (Phi) is 8.42. The predicted octanol–water partition coefficient (Wildman–Crippen LogP) is 0.822. The van der Waals surface area contributed by atoms with Gasteiger partial charge in [-0.25, -0.2) is 10.6 Å². The lowest BCUT2D eigenvalue weighted by Crippen LogP contribution is -2.54. The topological polar surface area (TPSA) is 123 Å². The number of carbonyl (C=O) groups excluding carboxylic acids is 3. The van der Waals surface area contributed by atoms with E-state index in [1.807, 2.05) is 49.6 Å². The van der Waals surface area contributed by atoms with E-state index in [2.05, 4.69) is 10.6 Å². The number of amides is 3. The van der Waals surface area contributed by atoms with Gasteiger partial charge in [-0.05, 0) is 24.8 Å². The number of hydrogen-bond donors (Lipinski definition) is 4. The zero-order valence-electron chi connectivity index (χ0n) is 14.7. The molecule has 0 saturated carbocycles. The quantitative estimate of drug-likeness (QED) is 0.314. The lowest BCUT2D eigenvalue weighted by Gasteiger charge is -2.22. The van der Waals surface area contributed by atoms with Crippen LogP contribution in [0.2, 0.25) is 0 Å². The van der Waals surface area contributed by atoms with Crippen molar-refractivity contribution < 1.29 is 19.1 Å². The zero-order chi connectivity index (χ0) is 18.8. The van der Waals surface area contributed by atoms with Crippen LogP contribution >= 0.6 is 0 Å². The van der Waals surface area contributed by atoms with Crippen LogP contribution in [-0.2, 0) is 20.9 Å².